The van der Waals surface area contributed by atoms with E-state index in [1.54, 1.807) is 11.3 Å². The van der Waals surface area contributed by atoms with Crippen LogP contribution in [0.4, 0.5) is 17.1 Å². The smallest absolute Gasteiger partial charge is 0.110 e. The minimum atomic E-state index is 0.442. The van der Waals surface area contributed by atoms with Crippen LogP contribution in [0, 0.1) is 0 Å². The molecule has 20 heavy (non-hydrogen) atoms. The van der Waals surface area contributed by atoms with Gasteiger partial charge in [-0.2, -0.15) is 11.3 Å². The minimum Gasteiger partial charge on any atom is -0.352 e. The topological polar surface area (TPSA) is 6.48 Å². The van der Waals surface area contributed by atoms with E-state index in [2.05, 4.69) is 64.0 Å². The Morgan fingerprint density at radius 2 is 1.75 bits per heavy atom. The zero-order chi connectivity index (χ0) is 13.3. The summed E-state index contributed by atoms with van der Waals surface area (Å²) in [5, 5.41) is 7.23. The highest BCUT2D eigenvalue weighted by molar-refractivity contribution is 7.09. The molecule has 0 fully saturated rings. The van der Waals surface area contributed by atoms with Crippen molar-refractivity contribution in [1.82, 2.24) is 0 Å². The largest absolute Gasteiger partial charge is 0.352 e. The van der Waals surface area contributed by atoms with Crippen LogP contribution in [0.5, 0.6) is 0 Å². The molecule has 0 bridgehead atoms. The Hall–Kier alpha value is -2.00. The third-order valence-corrected chi connectivity index (χ3v) is 5.38. The Kier molecular flexibility index (Phi) is 1.91. The first-order chi connectivity index (χ1) is 9.83. The number of para-hydroxylation sites is 2. The number of rotatable bonds is 0. The van der Waals surface area contributed by atoms with E-state index in [9.17, 15) is 0 Å². The quantitative estimate of drug-likeness (QED) is 0.602. The van der Waals surface area contributed by atoms with Crippen molar-refractivity contribution >= 4 is 39.2 Å². The minimum absolute atomic E-state index is 0.442. The summed E-state index contributed by atoms with van der Waals surface area (Å²) >= 11 is 1.79. The van der Waals surface area contributed by atoms with Gasteiger partial charge in [0.05, 0.1) is 11.4 Å². The number of nitrogens with zero attached hydrogens (tertiary/aromatic N) is 2. The summed E-state index contributed by atoms with van der Waals surface area (Å²) in [5.74, 6) is 0. The molecule has 2 aliphatic heterocycles. The molecular weight excluding hydrogens is 264 g/mol. The van der Waals surface area contributed by atoms with Crippen LogP contribution >= 0.6 is 11.3 Å². The van der Waals surface area contributed by atoms with Crippen molar-refractivity contribution in [3.05, 3.63) is 52.7 Å². The third kappa shape index (κ3) is 1.19. The molecule has 3 aromatic rings. The molecule has 0 amide bonds. The van der Waals surface area contributed by atoms with Gasteiger partial charge < -0.3 is 9.80 Å². The van der Waals surface area contributed by atoms with Gasteiger partial charge in [-0.3, -0.25) is 0 Å². The van der Waals surface area contributed by atoms with Crippen LogP contribution in [0.1, 0.15) is 5.56 Å². The predicted octanol–water partition coefficient (Wildman–Crippen LogP) is 4.37. The first-order valence-corrected chi connectivity index (χ1v) is 7.87. The van der Waals surface area contributed by atoms with Crippen LogP contribution < -0.4 is 9.80 Å². The van der Waals surface area contributed by atoms with E-state index in [1.807, 2.05) is 0 Å². The molecule has 0 saturated heterocycles. The lowest BCUT2D eigenvalue weighted by Gasteiger charge is -2.23. The SMILES string of the molecule is CN1c2ccccc2N2c3cc4cscc4cc3CC12. The molecule has 2 aromatic carbocycles. The number of benzene rings is 2. The molecule has 3 heteroatoms. The normalized spacial score (nSPS) is 19.4. The van der Waals surface area contributed by atoms with Crippen LogP contribution in [0.15, 0.2) is 47.2 Å². The lowest BCUT2D eigenvalue weighted by Crippen LogP contribution is -2.35. The Labute approximate surface area is 121 Å². The Morgan fingerprint density at radius 3 is 2.60 bits per heavy atom. The van der Waals surface area contributed by atoms with Crippen molar-refractivity contribution in [2.75, 3.05) is 16.8 Å². The molecule has 2 aliphatic rings. The van der Waals surface area contributed by atoms with Crippen LogP contribution in [0.3, 0.4) is 0 Å². The molecule has 98 valence electrons. The summed E-state index contributed by atoms with van der Waals surface area (Å²) in [7, 11) is 2.21. The van der Waals surface area contributed by atoms with Crippen molar-refractivity contribution in [3.63, 3.8) is 0 Å². The van der Waals surface area contributed by atoms with Gasteiger partial charge in [-0.25, -0.2) is 0 Å². The molecule has 1 unspecified atom stereocenters. The number of hydrogen-bond acceptors (Lipinski definition) is 3. The summed E-state index contributed by atoms with van der Waals surface area (Å²) < 4.78 is 0. The fourth-order valence-electron chi connectivity index (χ4n) is 3.62. The zero-order valence-corrected chi connectivity index (χ0v) is 12.0. The summed E-state index contributed by atoms with van der Waals surface area (Å²) in [6.07, 6.45) is 1.55. The summed E-state index contributed by atoms with van der Waals surface area (Å²) in [5.41, 5.74) is 5.54. The molecule has 0 radical (unpaired) electrons. The van der Waals surface area contributed by atoms with Gasteiger partial charge in [-0.15, -0.1) is 0 Å². The van der Waals surface area contributed by atoms with Crippen molar-refractivity contribution < 1.29 is 0 Å². The molecule has 2 nitrogen and oxygen atoms in total. The predicted molar refractivity (Wildman–Crippen MR) is 86.3 cm³/mol. The second-order valence-corrected chi connectivity index (χ2v) is 6.38. The van der Waals surface area contributed by atoms with E-state index >= 15 is 0 Å². The highest BCUT2D eigenvalue weighted by Gasteiger charge is 2.40. The van der Waals surface area contributed by atoms with E-state index in [0.717, 1.165) is 6.42 Å². The molecule has 5 rings (SSSR count). The zero-order valence-electron chi connectivity index (χ0n) is 11.2. The Balaban J connectivity index is 1.78. The summed E-state index contributed by atoms with van der Waals surface area (Å²) in [4.78, 5) is 4.91. The average molecular weight is 278 g/mol. The number of hydrogen-bond donors (Lipinski definition) is 0. The van der Waals surface area contributed by atoms with Gasteiger partial charge in [0.15, 0.2) is 0 Å². The second kappa shape index (κ2) is 3.55. The van der Waals surface area contributed by atoms with E-state index in [4.69, 9.17) is 0 Å². The maximum Gasteiger partial charge on any atom is 0.110 e. The highest BCUT2D eigenvalue weighted by Crippen LogP contribution is 2.50. The molecule has 1 aromatic heterocycles. The maximum atomic E-state index is 2.50. The molecule has 1 atom stereocenters. The summed E-state index contributed by atoms with van der Waals surface area (Å²) in [6, 6.07) is 13.4. The lowest BCUT2D eigenvalue weighted by atomic mass is 10.1. The van der Waals surface area contributed by atoms with E-state index in [0.29, 0.717) is 6.17 Å². The van der Waals surface area contributed by atoms with Gasteiger partial charge in [-0.1, -0.05) is 12.1 Å². The number of likely N-dealkylation sites (N-methyl/N-ethyl adjacent to an activating group) is 1. The van der Waals surface area contributed by atoms with Gasteiger partial charge in [0.2, 0.25) is 0 Å². The molecule has 3 heterocycles. The van der Waals surface area contributed by atoms with Gasteiger partial charge in [-0.05, 0) is 51.4 Å². The molecular formula is C17H14N2S. The first kappa shape index (κ1) is 10.7. The monoisotopic (exact) mass is 278 g/mol. The van der Waals surface area contributed by atoms with E-state index in [-0.39, 0.29) is 0 Å². The van der Waals surface area contributed by atoms with Gasteiger partial charge in [0.1, 0.15) is 6.17 Å². The van der Waals surface area contributed by atoms with Crippen molar-refractivity contribution in [1.29, 1.82) is 0 Å². The third-order valence-electron chi connectivity index (χ3n) is 4.60. The van der Waals surface area contributed by atoms with Crippen molar-refractivity contribution in [3.8, 4) is 0 Å². The number of fused-ring (bicyclic) bond motifs is 6. The molecule has 0 aliphatic carbocycles. The van der Waals surface area contributed by atoms with Crippen molar-refractivity contribution in [2.24, 2.45) is 0 Å². The molecule has 0 N–H and O–H groups in total. The van der Waals surface area contributed by atoms with Crippen LogP contribution in [-0.4, -0.2) is 13.2 Å². The fraction of sp³-hybridized carbons (Fsp3) is 0.176. The molecule has 0 saturated carbocycles. The van der Waals surface area contributed by atoms with E-state index in [1.165, 1.54) is 33.4 Å². The Morgan fingerprint density at radius 1 is 1.00 bits per heavy atom. The summed E-state index contributed by atoms with van der Waals surface area (Å²) in [6.45, 7) is 0. The van der Waals surface area contributed by atoms with Gasteiger partial charge in [0.25, 0.3) is 0 Å². The second-order valence-electron chi connectivity index (χ2n) is 5.64. The van der Waals surface area contributed by atoms with Gasteiger partial charge in [0, 0.05) is 19.2 Å². The maximum absolute atomic E-state index is 2.50. The van der Waals surface area contributed by atoms with Gasteiger partial charge >= 0.3 is 0 Å². The van der Waals surface area contributed by atoms with Crippen LogP contribution in [-0.2, 0) is 6.42 Å². The van der Waals surface area contributed by atoms with Crippen molar-refractivity contribution in [2.45, 2.75) is 12.6 Å². The average Bonchev–Trinajstić information content (AvgIpc) is 3.12. The number of thiophene rings is 1. The standard InChI is InChI=1S/C17H14N2S/c1-18-14-4-2-3-5-15(14)19-16-7-13-10-20-9-12(13)6-11(16)8-17(18)19/h2-7,9-10,17H,8H2,1H3. The number of anilines is 3. The first-order valence-electron chi connectivity index (χ1n) is 6.93. The molecule has 0 spiro atoms. The highest BCUT2D eigenvalue weighted by atomic mass is 32.1. The van der Waals surface area contributed by atoms with E-state index < -0.39 is 0 Å². The fourth-order valence-corrected chi connectivity index (χ4v) is 4.39. The van der Waals surface area contributed by atoms with Crippen LogP contribution in [0.25, 0.3) is 10.8 Å². The van der Waals surface area contributed by atoms with Crippen LogP contribution in [0.2, 0.25) is 0 Å². The lowest BCUT2D eigenvalue weighted by molar-refractivity contribution is 0.704. The Bertz CT molecular complexity index is 836.